The second kappa shape index (κ2) is 7.43. The number of methoxy groups -OCH3 is 1. The van der Waals surface area contributed by atoms with Crippen LogP contribution in [-0.4, -0.2) is 7.11 Å². The summed E-state index contributed by atoms with van der Waals surface area (Å²) in [5.41, 5.74) is 2.49. The van der Waals surface area contributed by atoms with Crippen LogP contribution in [0.3, 0.4) is 0 Å². The maximum atomic E-state index is 5.27. The Labute approximate surface area is 143 Å². The van der Waals surface area contributed by atoms with E-state index in [-0.39, 0.29) is 12.1 Å². The molecule has 2 aromatic rings. The molecular weight excluding hydrogens is 394 g/mol. The second-order valence-corrected chi connectivity index (χ2v) is 6.83. The highest BCUT2D eigenvalue weighted by Crippen LogP contribution is 2.29. The van der Waals surface area contributed by atoms with Crippen molar-refractivity contribution in [2.24, 2.45) is 0 Å². The molecule has 0 heterocycles. The first-order chi connectivity index (χ1) is 10.0. The van der Waals surface area contributed by atoms with Crippen LogP contribution in [0.25, 0.3) is 0 Å². The largest absolute Gasteiger partial charge is 0.496 e. The van der Waals surface area contributed by atoms with Crippen molar-refractivity contribution in [3.05, 3.63) is 62.5 Å². The van der Waals surface area contributed by atoms with Gasteiger partial charge in [0.15, 0.2) is 0 Å². The zero-order chi connectivity index (χ0) is 15.4. The Morgan fingerprint density at radius 3 is 2.19 bits per heavy atom. The van der Waals surface area contributed by atoms with Gasteiger partial charge in [-0.25, -0.2) is 0 Å². The summed E-state index contributed by atoms with van der Waals surface area (Å²) >= 11 is 7.06. The Bertz CT molecular complexity index is 615. The first kappa shape index (κ1) is 16.5. The highest BCUT2D eigenvalue weighted by molar-refractivity contribution is 9.10. The summed E-state index contributed by atoms with van der Waals surface area (Å²) in [6.07, 6.45) is 0. The van der Waals surface area contributed by atoms with Crippen LogP contribution in [-0.2, 0) is 0 Å². The molecule has 0 aliphatic heterocycles. The van der Waals surface area contributed by atoms with E-state index in [1.54, 1.807) is 7.11 Å². The van der Waals surface area contributed by atoms with Gasteiger partial charge in [-0.3, -0.25) is 0 Å². The first-order valence-electron chi connectivity index (χ1n) is 6.86. The normalized spacial score (nSPS) is 13.8. The van der Waals surface area contributed by atoms with Gasteiger partial charge in [0.1, 0.15) is 5.75 Å². The van der Waals surface area contributed by atoms with Crippen LogP contribution in [0.2, 0.25) is 0 Å². The third-order valence-electron chi connectivity index (χ3n) is 3.52. The Morgan fingerprint density at radius 1 is 0.952 bits per heavy atom. The van der Waals surface area contributed by atoms with Gasteiger partial charge in [0.05, 0.1) is 11.6 Å². The van der Waals surface area contributed by atoms with Crippen molar-refractivity contribution in [1.82, 2.24) is 5.32 Å². The SMILES string of the molecule is COc1ccc(C(C)N[C@@H](C)c2cccc(Br)c2)cc1Br. The number of hydrogen-bond donors (Lipinski definition) is 1. The van der Waals surface area contributed by atoms with E-state index in [1.165, 1.54) is 11.1 Å². The number of halogens is 2. The van der Waals surface area contributed by atoms with Crippen molar-refractivity contribution in [3.8, 4) is 5.75 Å². The summed E-state index contributed by atoms with van der Waals surface area (Å²) in [5.74, 6) is 0.853. The topological polar surface area (TPSA) is 21.3 Å². The Balaban J connectivity index is 2.10. The van der Waals surface area contributed by atoms with E-state index in [1.807, 2.05) is 12.1 Å². The van der Waals surface area contributed by atoms with Gasteiger partial charge < -0.3 is 10.1 Å². The van der Waals surface area contributed by atoms with Crippen molar-refractivity contribution in [1.29, 1.82) is 0 Å². The second-order valence-electron chi connectivity index (χ2n) is 5.06. The van der Waals surface area contributed by atoms with Crippen molar-refractivity contribution >= 4 is 31.9 Å². The fourth-order valence-corrected chi connectivity index (χ4v) is 3.27. The van der Waals surface area contributed by atoms with Crippen LogP contribution in [0, 0.1) is 0 Å². The molecule has 0 amide bonds. The molecule has 0 radical (unpaired) electrons. The third kappa shape index (κ3) is 4.31. The fraction of sp³-hybridized carbons (Fsp3) is 0.294. The summed E-state index contributed by atoms with van der Waals surface area (Å²) < 4.78 is 7.35. The molecule has 4 heteroatoms. The third-order valence-corrected chi connectivity index (χ3v) is 4.64. The predicted molar refractivity (Wildman–Crippen MR) is 94.8 cm³/mol. The average Bonchev–Trinajstić information content (AvgIpc) is 2.47. The van der Waals surface area contributed by atoms with Crippen LogP contribution in [0.4, 0.5) is 0 Å². The van der Waals surface area contributed by atoms with Gasteiger partial charge in [-0.15, -0.1) is 0 Å². The Kier molecular flexibility index (Phi) is 5.85. The highest BCUT2D eigenvalue weighted by atomic mass is 79.9. The lowest BCUT2D eigenvalue weighted by Crippen LogP contribution is -2.22. The molecule has 21 heavy (non-hydrogen) atoms. The maximum Gasteiger partial charge on any atom is 0.133 e. The maximum absolute atomic E-state index is 5.27. The zero-order valence-corrected chi connectivity index (χ0v) is 15.5. The Morgan fingerprint density at radius 2 is 1.62 bits per heavy atom. The fourth-order valence-electron chi connectivity index (χ4n) is 2.30. The van der Waals surface area contributed by atoms with Gasteiger partial charge in [0.25, 0.3) is 0 Å². The van der Waals surface area contributed by atoms with Crippen LogP contribution in [0.1, 0.15) is 37.1 Å². The first-order valence-corrected chi connectivity index (χ1v) is 8.45. The highest BCUT2D eigenvalue weighted by Gasteiger charge is 2.12. The molecule has 2 rings (SSSR count). The molecule has 0 aliphatic carbocycles. The minimum absolute atomic E-state index is 0.251. The van der Waals surface area contributed by atoms with Gasteiger partial charge in [0, 0.05) is 16.6 Å². The van der Waals surface area contributed by atoms with E-state index in [0.29, 0.717) is 0 Å². The summed E-state index contributed by atoms with van der Waals surface area (Å²) in [6, 6.07) is 15.1. The lowest BCUT2D eigenvalue weighted by molar-refractivity contribution is 0.411. The molecule has 2 atom stereocenters. The van der Waals surface area contributed by atoms with E-state index >= 15 is 0 Å². The predicted octanol–water partition coefficient (Wildman–Crippen LogP) is 5.63. The zero-order valence-electron chi connectivity index (χ0n) is 12.4. The molecule has 112 valence electrons. The van der Waals surface area contributed by atoms with Crippen LogP contribution in [0.5, 0.6) is 5.75 Å². The van der Waals surface area contributed by atoms with Crippen molar-refractivity contribution in [2.75, 3.05) is 7.11 Å². The summed E-state index contributed by atoms with van der Waals surface area (Å²) in [7, 11) is 1.68. The number of benzene rings is 2. The van der Waals surface area contributed by atoms with Gasteiger partial charge in [-0.1, -0.05) is 34.1 Å². The van der Waals surface area contributed by atoms with E-state index in [2.05, 4.69) is 81.4 Å². The lowest BCUT2D eigenvalue weighted by Gasteiger charge is -2.21. The van der Waals surface area contributed by atoms with Gasteiger partial charge in [-0.05, 0) is 65.2 Å². The molecule has 0 aromatic heterocycles. The molecular formula is C17H19Br2NO. The molecule has 2 nitrogen and oxygen atoms in total. The summed E-state index contributed by atoms with van der Waals surface area (Å²) in [4.78, 5) is 0. The monoisotopic (exact) mass is 411 g/mol. The van der Waals surface area contributed by atoms with Crippen molar-refractivity contribution in [3.63, 3.8) is 0 Å². The van der Waals surface area contributed by atoms with E-state index in [4.69, 9.17) is 4.74 Å². The molecule has 0 saturated carbocycles. The standard InChI is InChI=1S/C17H19Br2NO/c1-11(13-5-4-6-15(18)9-13)20-12(2)14-7-8-17(21-3)16(19)10-14/h4-12,20H,1-3H3/t11-,12?/m0/s1. The number of nitrogens with one attached hydrogen (secondary N) is 1. The molecule has 0 aliphatic rings. The average molecular weight is 413 g/mol. The van der Waals surface area contributed by atoms with Crippen LogP contribution in [0.15, 0.2) is 51.4 Å². The number of hydrogen-bond acceptors (Lipinski definition) is 2. The molecule has 0 saturated heterocycles. The number of rotatable bonds is 5. The summed E-state index contributed by atoms with van der Waals surface area (Å²) in [6.45, 7) is 4.35. The van der Waals surface area contributed by atoms with Crippen molar-refractivity contribution < 1.29 is 4.74 Å². The van der Waals surface area contributed by atoms with Gasteiger partial charge >= 0.3 is 0 Å². The van der Waals surface area contributed by atoms with Crippen LogP contribution < -0.4 is 10.1 Å². The van der Waals surface area contributed by atoms with Crippen molar-refractivity contribution in [2.45, 2.75) is 25.9 Å². The smallest absolute Gasteiger partial charge is 0.133 e. The molecule has 0 spiro atoms. The molecule has 0 fully saturated rings. The minimum atomic E-state index is 0.251. The molecule has 0 bridgehead atoms. The van der Waals surface area contributed by atoms with Gasteiger partial charge in [-0.2, -0.15) is 0 Å². The summed E-state index contributed by atoms with van der Waals surface area (Å²) in [5, 5.41) is 3.62. The quantitative estimate of drug-likeness (QED) is 0.686. The number of ether oxygens (including phenoxy) is 1. The Hall–Kier alpha value is -0.840. The molecule has 1 N–H and O–H groups in total. The lowest BCUT2D eigenvalue weighted by atomic mass is 10.0. The van der Waals surface area contributed by atoms with E-state index < -0.39 is 0 Å². The van der Waals surface area contributed by atoms with E-state index in [0.717, 1.165) is 14.7 Å². The molecule has 2 aromatic carbocycles. The molecule has 1 unspecified atom stereocenters. The van der Waals surface area contributed by atoms with Gasteiger partial charge in [0.2, 0.25) is 0 Å². The minimum Gasteiger partial charge on any atom is -0.496 e. The van der Waals surface area contributed by atoms with Crippen LogP contribution >= 0.6 is 31.9 Å². The van der Waals surface area contributed by atoms with E-state index in [9.17, 15) is 0 Å².